The molecule has 2 rings (SSSR count). The molecule has 1 saturated heterocycles. The van der Waals surface area contributed by atoms with E-state index in [9.17, 15) is 9.59 Å². The highest BCUT2D eigenvalue weighted by Gasteiger charge is 2.24. The number of nitrogens with zero attached hydrogens (tertiary/aromatic N) is 2. The number of urea groups is 1. The summed E-state index contributed by atoms with van der Waals surface area (Å²) in [5.74, 6) is 0.704. The maximum absolute atomic E-state index is 12.0. The topological polar surface area (TPSA) is 71.1 Å². The first-order valence-electron chi connectivity index (χ1n) is 7.33. The van der Waals surface area contributed by atoms with Gasteiger partial charge in [0.1, 0.15) is 5.75 Å². The van der Waals surface area contributed by atoms with Crippen LogP contribution in [0.15, 0.2) is 30.3 Å². The molecule has 0 saturated carbocycles. The van der Waals surface area contributed by atoms with Crippen molar-refractivity contribution in [2.75, 3.05) is 39.5 Å². The molecule has 22 heavy (non-hydrogen) atoms. The van der Waals surface area contributed by atoms with Crippen LogP contribution in [0.1, 0.15) is 6.92 Å². The highest BCUT2D eigenvalue weighted by Crippen LogP contribution is 2.07. The van der Waals surface area contributed by atoms with Gasteiger partial charge >= 0.3 is 12.1 Å². The number of carbonyl (C=O) groups excluding carboxylic acids is 2. The smallest absolute Gasteiger partial charge is 0.409 e. The van der Waals surface area contributed by atoms with E-state index in [2.05, 4.69) is 5.32 Å². The van der Waals surface area contributed by atoms with Crippen molar-refractivity contribution in [3.63, 3.8) is 0 Å². The number of amides is 3. The maximum atomic E-state index is 12.0. The Morgan fingerprint density at radius 2 is 1.73 bits per heavy atom. The van der Waals surface area contributed by atoms with Gasteiger partial charge in [0.15, 0.2) is 6.73 Å². The van der Waals surface area contributed by atoms with Crippen LogP contribution in [0.3, 0.4) is 0 Å². The molecule has 1 aromatic carbocycles. The van der Waals surface area contributed by atoms with Gasteiger partial charge in [-0.1, -0.05) is 18.2 Å². The highest BCUT2D eigenvalue weighted by atomic mass is 16.6. The normalized spacial score (nSPS) is 14.4. The summed E-state index contributed by atoms with van der Waals surface area (Å²) in [5.41, 5.74) is 0. The number of nitrogens with one attached hydrogen (secondary N) is 1. The molecule has 120 valence electrons. The lowest BCUT2D eigenvalue weighted by Crippen LogP contribution is -2.53. The van der Waals surface area contributed by atoms with Crippen molar-refractivity contribution in [3.8, 4) is 5.75 Å². The molecule has 1 aromatic rings. The summed E-state index contributed by atoms with van der Waals surface area (Å²) in [4.78, 5) is 26.8. The zero-order valence-corrected chi connectivity index (χ0v) is 12.7. The highest BCUT2D eigenvalue weighted by molar-refractivity contribution is 5.74. The molecular formula is C15H21N3O4. The molecule has 0 aliphatic carbocycles. The zero-order valence-electron chi connectivity index (χ0n) is 12.7. The van der Waals surface area contributed by atoms with Gasteiger partial charge in [0.2, 0.25) is 0 Å². The zero-order chi connectivity index (χ0) is 15.8. The first-order valence-corrected chi connectivity index (χ1v) is 7.33. The van der Waals surface area contributed by atoms with Crippen molar-refractivity contribution >= 4 is 12.1 Å². The second-order valence-corrected chi connectivity index (χ2v) is 4.76. The molecular weight excluding hydrogens is 286 g/mol. The average molecular weight is 307 g/mol. The van der Waals surface area contributed by atoms with Gasteiger partial charge in [0, 0.05) is 26.2 Å². The van der Waals surface area contributed by atoms with Crippen LogP contribution in [0.2, 0.25) is 0 Å². The summed E-state index contributed by atoms with van der Waals surface area (Å²) < 4.78 is 10.4. The standard InChI is InChI=1S/C15H21N3O4/c1-2-21-15(20)18-10-8-17(9-11-18)14(19)16-12-22-13-6-4-3-5-7-13/h3-7H,2,8-12H2,1H3,(H,16,19). The number of ether oxygens (including phenoxy) is 2. The summed E-state index contributed by atoms with van der Waals surface area (Å²) >= 11 is 0. The van der Waals surface area contributed by atoms with Gasteiger partial charge in [-0.05, 0) is 19.1 Å². The lowest BCUT2D eigenvalue weighted by Gasteiger charge is -2.33. The second kappa shape index (κ2) is 8.11. The van der Waals surface area contributed by atoms with Gasteiger partial charge in [-0.2, -0.15) is 0 Å². The van der Waals surface area contributed by atoms with Gasteiger partial charge in [0.05, 0.1) is 6.61 Å². The van der Waals surface area contributed by atoms with Crippen LogP contribution in [0.25, 0.3) is 0 Å². The van der Waals surface area contributed by atoms with Crippen LogP contribution in [-0.4, -0.2) is 61.4 Å². The van der Waals surface area contributed by atoms with E-state index in [1.807, 2.05) is 30.3 Å². The van der Waals surface area contributed by atoms with Crippen LogP contribution < -0.4 is 10.1 Å². The molecule has 1 aliphatic heterocycles. The summed E-state index contributed by atoms with van der Waals surface area (Å²) in [6.07, 6.45) is -0.324. The van der Waals surface area contributed by atoms with Crippen LogP contribution in [0.5, 0.6) is 5.75 Å². The number of carbonyl (C=O) groups is 2. The third kappa shape index (κ3) is 4.54. The van der Waals surface area contributed by atoms with Crippen molar-refractivity contribution < 1.29 is 19.1 Å². The van der Waals surface area contributed by atoms with Gasteiger partial charge in [0.25, 0.3) is 0 Å². The van der Waals surface area contributed by atoms with Gasteiger partial charge in [-0.15, -0.1) is 0 Å². The molecule has 0 radical (unpaired) electrons. The van der Waals surface area contributed by atoms with Crippen molar-refractivity contribution in [3.05, 3.63) is 30.3 Å². The molecule has 0 aromatic heterocycles. The van der Waals surface area contributed by atoms with Gasteiger partial charge < -0.3 is 24.6 Å². The molecule has 1 heterocycles. The molecule has 1 fully saturated rings. The van der Waals surface area contributed by atoms with Crippen LogP contribution in [-0.2, 0) is 4.74 Å². The number of para-hydroxylation sites is 1. The maximum Gasteiger partial charge on any atom is 0.409 e. The van der Waals surface area contributed by atoms with E-state index < -0.39 is 0 Å². The monoisotopic (exact) mass is 307 g/mol. The van der Waals surface area contributed by atoms with Crippen molar-refractivity contribution in [1.29, 1.82) is 0 Å². The van der Waals surface area contributed by atoms with E-state index >= 15 is 0 Å². The minimum atomic E-state index is -0.324. The van der Waals surface area contributed by atoms with E-state index in [0.717, 1.165) is 0 Å². The van der Waals surface area contributed by atoms with Crippen molar-refractivity contribution in [1.82, 2.24) is 15.1 Å². The van der Waals surface area contributed by atoms with Crippen LogP contribution >= 0.6 is 0 Å². The van der Waals surface area contributed by atoms with E-state index in [4.69, 9.17) is 9.47 Å². The molecule has 7 heteroatoms. The van der Waals surface area contributed by atoms with E-state index in [1.165, 1.54) is 0 Å². The van der Waals surface area contributed by atoms with Gasteiger partial charge in [-0.3, -0.25) is 0 Å². The predicted octanol–water partition coefficient (Wildman–Crippen LogP) is 1.51. The Labute approximate surface area is 129 Å². The van der Waals surface area contributed by atoms with Gasteiger partial charge in [-0.25, -0.2) is 9.59 Å². The number of hydrogen-bond donors (Lipinski definition) is 1. The summed E-state index contributed by atoms with van der Waals surface area (Å²) in [5, 5.41) is 2.70. The Morgan fingerprint density at radius 1 is 1.09 bits per heavy atom. The molecule has 7 nitrogen and oxygen atoms in total. The predicted molar refractivity (Wildman–Crippen MR) is 80.6 cm³/mol. The molecule has 1 N–H and O–H groups in total. The lowest BCUT2D eigenvalue weighted by molar-refractivity contribution is 0.0843. The number of piperazine rings is 1. The van der Waals surface area contributed by atoms with Crippen molar-refractivity contribution in [2.45, 2.75) is 6.92 Å². The average Bonchev–Trinajstić information content (AvgIpc) is 2.56. The largest absolute Gasteiger partial charge is 0.473 e. The molecule has 0 spiro atoms. The quantitative estimate of drug-likeness (QED) is 0.856. The Kier molecular flexibility index (Phi) is 5.88. The summed E-state index contributed by atoms with van der Waals surface area (Å²) in [6, 6.07) is 9.08. The van der Waals surface area contributed by atoms with Crippen LogP contribution in [0, 0.1) is 0 Å². The van der Waals surface area contributed by atoms with E-state index in [-0.39, 0.29) is 18.9 Å². The molecule has 1 aliphatic rings. The second-order valence-electron chi connectivity index (χ2n) is 4.76. The Hall–Kier alpha value is -2.44. The Balaban J connectivity index is 1.68. The number of benzene rings is 1. The molecule has 0 unspecified atom stereocenters. The van der Waals surface area contributed by atoms with E-state index in [0.29, 0.717) is 38.5 Å². The third-order valence-electron chi connectivity index (χ3n) is 3.30. The lowest BCUT2D eigenvalue weighted by atomic mass is 10.3. The summed E-state index contributed by atoms with van der Waals surface area (Å²) in [7, 11) is 0. The Bertz CT molecular complexity index is 487. The number of hydrogen-bond acceptors (Lipinski definition) is 4. The fourth-order valence-corrected chi connectivity index (χ4v) is 2.12. The Morgan fingerprint density at radius 3 is 2.36 bits per heavy atom. The molecule has 3 amide bonds. The molecule has 0 bridgehead atoms. The van der Waals surface area contributed by atoms with E-state index in [1.54, 1.807) is 16.7 Å². The minimum Gasteiger partial charge on any atom is -0.473 e. The first kappa shape index (κ1) is 15.9. The fourth-order valence-electron chi connectivity index (χ4n) is 2.12. The first-order chi connectivity index (χ1) is 10.7. The summed E-state index contributed by atoms with van der Waals surface area (Å²) in [6.45, 7) is 4.16. The minimum absolute atomic E-state index is 0.112. The number of rotatable bonds is 4. The third-order valence-corrected chi connectivity index (χ3v) is 3.30. The van der Waals surface area contributed by atoms with Crippen molar-refractivity contribution in [2.24, 2.45) is 0 Å². The SMILES string of the molecule is CCOC(=O)N1CCN(C(=O)NCOc2ccccc2)CC1. The fraction of sp³-hybridized carbons (Fsp3) is 0.467. The molecule has 0 atom stereocenters. The van der Waals surface area contributed by atoms with Crippen LogP contribution in [0.4, 0.5) is 9.59 Å².